The van der Waals surface area contributed by atoms with E-state index in [0.717, 1.165) is 31.2 Å². The minimum Gasteiger partial charge on any atom is -0.465 e. The second-order valence-corrected chi connectivity index (χ2v) is 5.71. The molecule has 1 aliphatic rings. The highest BCUT2D eigenvalue weighted by atomic mass is 16.5. The van der Waals surface area contributed by atoms with Gasteiger partial charge >= 0.3 is 5.97 Å². The van der Waals surface area contributed by atoms with Gasteiger partial charge in [0.05, 0.1) is 12.7 Å². The first-order valence-corrected chi connectivity index (χ1v) is 7.25. The molecule has 0 aliphatic heterocycles. The molecule has 0 heterocycles. The zero-order valence-corrected chi connectivity index (χ0v) is 12.4. The van der Waals surface area contributed by atoms with Crippen molar-refractivity contribution in [3.63, 3.8) is 0 Å². The summed E-state index contributed by atoms with van der Waals surface area (Å²) in [6.07, 6.45) is 4.45. The molecule has 1 aromatic rings. The standard InChI is InChI=1S/C16H22N2O3/c1-21-15(20)13-6-4-12(5-7-13)11-18-14(19)10-16(17)8-2-3-9-16/h4-7H,2-3,8-11,17H2,1H3,(H,18,19). The first-order valence-electron chi connectivity index (χ1n) is 7.25. The van der Waals surface area contributed by atoms with E-state index in [1.54, 1.807) is 24.3 Å². The van der Waals surface area contributed by atoms with Crippen molar-refractivity contribution in [2.75, 3.05) is 7.11 Å². The highest BCUT2D eigenvalue weighted by molar-refractivity contribution is 5.89. The zero-order chi connectivity index (χ0) is 15.3. The average Bonchev–Trinajstić information content (AvgIpc) is 2.91. The molecule has 5 nitrogen and oxygen atoms in total. The van der Waals surface area contributed by atoms with Crippen LogP contribution in [-0.2, 0) is 16.1 Å². The van der Waals surface area contributed by atoms with Crippen LogP contribution in [0, 0.1) is 0 Å². The Morgan fingerprint density at radius 1 is 1.24 bits per heavy atom. The molecule has 1 fully saturated rings. The molecule has 114 valence electrons. The Morgan fingerprint density at radius 3 is 2.43 bits per heavy atom. The molecular formula is C16H22N2O3. The van der Waals surface area contributed by atoms with E-state index in [-0.39, 0.29) is 17.4 Å². The van der Waals surface area contributed by atoms with Crippen LogP contribution in [0.25, 0.3) is 0 Å². The summed E-state index contributed by atoms with van der Waals surface area (Å²) < 4.78 is 4.64. The third-order valence-corrected chi connectivity index (χ3v) is 3.98. The number of ether oxygens (including phenoxy) is 1. The lowest BCUT2D eigenvalue weighted by Crippen LogP contribution is -2.41. The maximum absolute atomic E-state index is 11.9. The molecule has 0 atom stereocenters. The summed E-state index contributed by atoms with van der Waals surface area (Å²) in [5, 5.41) is 2.88. The molecule has 1 aliphatic carbocycles. The summed E-state index contributed by atoms with van der Waals surface area (Å²) in [6, 6.07) is 6.99. The molecule has 0 unspecified atom stereocenters. The monoisotopic (exact) mass is 290 g/mol. The van der Waals surface area contributed by atoms with Crippen LogP contribution in [0.2, 0.25) is 0 Å². The number of benzene rings is 1. The van der Waals surface area contributed by atoms with Crippen LogP contribution in [0.3, 0.4) is 0 Å². The number of methoxy groups -OCH3 is 1. The highest BCUT2D eigenvalue weighted by Gasteiger charge is 2.31. The highest BCUT2D eigenvalue weighted by Crippen LogP contribution is 2.29. The van der Waals surface area contributed by atoms with Crippen molar-refractivity contribution in [1.82, 2.24) is 5.32 Å². The summed E-state index contributed by atoms with van der Waals surface area (Å²) in [5.41, 5.74) is 7.30. The largest absolute Gasteiger partial charge is 0.465 e. The summed E-state index contributed by atoms with van der Waals surface area (Å²) >= 11 is 0. The first-order chi connectivity index (χ1) is 10.0. The van der Waals surface area contributed by atoms with Crippen molar-refractivity contribution in [3.05, 3.63) is 35.4 Å². The van der Waals surface area contributed by atoms with Gasteiger partial charge in [-0.25, -0.2) is 4.79 Å². The molecule has 0 aromatic heterocycles. The molecule has 0 radical (unpaired) electrons. The quantitative estimate of drug-likeness (QED) is 0.809. The Bertz CT molecular complexity index is 505. The van der Waals surface area contributed by atoms with Gasteiger partial charge in [-0.3, -0.25) is 4.79 Å². The van der Waals surface area contributed by atoms with Crippen molar-refractivity contribution in [2.24, 2.45) is 5.73 Å². The molecule has 2 rings (SSSR count). The van der Waals surface area contributed by atoms with Crippen LogP contribution in [0.1, 0.15) is 48.0 Å². The van der Waals surface area contributed by atoms with Crippen LogP contribution >= 0.6 is 0 Å². The van der Waals surface area contributed by atoms with E-state index in [9.17, 15) is 9.59 Å². The van der Waals surface area contributed by atoms with E-state index < -0.39 is 0 Å². The Labute approximate surface area is 124 Å². The average molecular weight is 290 g/mol. The van der Waals surface area contributed by atoms with Gasteiger partial charge in [-0.1, -0.05) is 25.0 Å². The van der Waals surface area contributed by atoms with Gasteiger partial charge in [0.25, 0.3) is 0 Å². The lowest BCUT2D eigenvalue weighted by atomic mass is 9.94. The number of hydrogen-bond donors (Lipinski definition) is 2. The number of esters is 1. The lowest BCUT2D eigenvalue weighted by molar-refractivity contribution is -0.122. The Kier molecular flexibility index (Phi) is 4.96. The molecule has 5 heteroatoms. The minimum atomic E-state index is -0.364. The van der Waals surface area contributed by atoms with Crippen LogP contribution < -0.4 is 11.1 Å². The van der Waals surface area contributed by atoms with Gasteiger partial charge < -0.3 is 15.8 Å². The van der Waals surface area contributed by atoms with Gasteiger partial charge in [0.2, 0.25) is 5.91 Å². The van der Waals surface area contributed by atoms with E-state index in [1.165, 1.54) is 7.11 Å². The molecule has 0 bridgehead atoms. The SMILES string of the molecule is COC(=O)c1ccc(CNC(=O)CC2(N)CCCC2)cc1. The Morgan fingerprint density at radius 2 is 1.86 bits per heavy atom. The first kappa shape index (κ1) is 15.5. The van der Waals surface area contributed by atoms with Crippen molar-refractivity contribution in [2.45, 2.75) is 44.2 Å². The molecular weight excluding hydrogens is 268 g/mol. The summed E-state index contributed by atoms with van der Waals surface area (Å²) in [6.45, 7) is 0.441. The molecule has 1 saturated carbocycles. The Balaban J connectivity index is 1.82. The van der Waals surface area contributed by atoms with Crippen molar-refractivity contribution in [3.8, 4) is 0 Å². The van der Waals surface area contributed by atoms with Crippen molar-refractivity contribution < 1.29 is 14.3 Å². The predicted octanol–water partition coefficient (Wildman–Crippen LogP) is 1.75. The maximum Gasteiger partial charge on any atom is 0.337 e. The van der Waals surface area contributed by atoms with Gasteiger partial charge in [0, 0.05) is 18.5 Å². The third-order valence-electron chi connectivity index (χ3n) is 3.98. The zero-order valence-electron chi connectivity index (χ0n) is 12.4. The van der Waals surface area contributed by atoms with E-state index in [0.29, 0.717) is 18.5 Å². The van der Waals surface area contributed by atoms with Gasteiger partial charge in [0.1, 0.15) is 0 Å². The molecule has 1 aromatic carbocycles. The second kappa shape index (κ2) is 6.72. The lowest BCUT2D eigenvalue weighted by Gasteiger charge is -2.22. The topological polar surface area (TPSA) is 81.4 Å². The molecule has 21 heavy (non-hydrogen) atoms. The smallest absolute Gasteiger partial charge is 0.337 e. The number of nitrogens with one attached hydrogen (secondary N) is 1. The number of nitrogens with two attached hydrogens (primary N) is 1. The van der Waals surface area contributed by atoms with E-state index in [2.05, 4.69) is 10.1 Å². The van der Waals surface area contributed by atoms with E-state index in [4.69, 9.17) is 5.73 Å². The molecule has 0 saturated heterocycles. The normalized spacial score (nSPS) is 16.5. The summed E-state index contributed by atoms with van der Waals surface area (Å²) in [7, 11) is 1.35. The summed E-state index contributed by atoms with van der Waals surface area (Å²) in [5.74, 6) is -0.381. The number of carbonyl (C=O) groups is 2. The minimum absolute atomic E-state index is 0.0172. The van der Waals surface area contributed by atoms with E-state index >= 15 is 0 Å². The van der Waals surface area contributed by atoms with Crippen LogP contribution in [0.5, 0.6) is 0 Å². The van der Waals surface area contributed by atoms with Gasteiger partial charge in [0.15, 0.2) is 0 Å². The third kappa shape index (κ3) is 4.29. The number of rotatable bonds is 5. The molecule has 3 N–H and O–H groups in total. The molecule has 0 spiro atoms. The second-order valence-electron chi connectivity index (χ2n) is 5.71. The van der Waals surface area contributed by atoms with Crippen LogP contribution in [-0.4, -0.2) is 24.5 Å². The van der Waals surface area contributed by atoms with Crippen molar-refractivity contribution in [1.29, 1.82) is 0 Å². The van der Waals surface area contributed by atoms with Crippen LogP contribution in [0.4, 0.5) is 0 Å². The van der Waals surface area contributed by atoms with Gasteiger partial charge in [-0.05, 0) is 30.5 Å². The number of amides is 1. The fourth-order valence-electron chi connectivity index (χ4n) is 2.72. The predicted molar refractivity (Wildman–Crippen MR) is 79.6 cm³/mol. The van der Waals surface area contributed by atoms with Crippen molar-refractivity contribution >= 4 is 11.9 Å². The molecule has 1 amide bonds. The summed E-state index contributed by atoms with van der Waals surface area (Å²) in [4.78, 5) is 23.2. The van der Waals surface area contributed by atoms with E-state index in [1.807, 2.05) is 0 Å². The number of carbonyl (C=O) groups excluding carboxylic acids is 2. The Hall–Kier alpha value is -1.88. The van der Waals surface area contributed by atoms with Gasteiger partial charge in [-0.15, -0.1) is 0 Å². The van der Waals surface area contributed by atoms with Gasteiger partial charge in [-0.2, -0.15) is 0 Å². The maximum atomic E-state index is 11.9. The fourth-order valence-corrected chi connectivity index (χ4v) is 2.72. The van der Waals surface area contributed by atoms with Crippen LogP contribution in [0.15, 0.2) is 24.3 Å². The number of hydrogen-bond acceptors (Lipinski definition) is 4. The fraction of sp³-hybridized carbons (Fsp3) is 0.500.